The molecule has 0 unspecified atom stereocenters. The van der Waals surface area contributed by atoms with Gasteiger partial charge in [-0.3, -0.25) is 0 Å². The lowest BCUT2D eigenvalue weighted by atomic mass is 10.5. The van der Waals surface area contributed by atoms with Gasteiger partial charge in [-0.05, 0) is 11.6 Å². The van der Waals surface area contributed by atoms with Gasteiger partial charge < -0.3 is 4.98 Å². The van der Waals surface area contributed by atoms with Crippen molar-refractivity contribution in [2.75, 3.05) is 0 Å². The van der Waals surface area contributed by atoms with Gasteiger partial charge in [0.25, 0.3) is 0 Å². The van der Waals surface area contributed by atoms with Crippen LogP contribution in [0.1, 0.15) is 5.69 Å². The van der Waals surface area contributed by atoms with Gasteiger partial charge in [-0.2, -0.15) is 0 Å². The topological polar surface area (TPSA) is 28.7 Å². The van der Waals surface area contributed by atoms with Crippen LogP contribution in [0.2, 0.25) is 5.28 Å². The Kier molecular flexibility index (Phi) is 1.48. The zero-order valence-corrected chi connectivity index (χ0v) is 4.74. The van der Waals surface area contributed by atoms with Crippen LogP contribution in [-0.2, 0) is 6.67 Å². The lowest BCUT2D eigenvalue weighted by Gasteiger charge is -1.78. The Hall–Kier alpha value is -0.570. The molecule has 1 aromatic heterocycles. The Bertz CT molecular complexity index is 174. The van der Waals surface area contributed by atoms with E-state index in [1.165, 1.54) is 6.20 Å². The number of nitrogens with zero attached hydrogens (tertiary/aromatic N) is 1. The van der Waals surface area contributed by atoms with Crippen LogP contribution in [0.5, 0.6) is 0 Å². The highest BCUT2D eigenvalue weighted by atomic mass is 35.5. The molecule has 1 heterocycles. The first-order chi connectivity index (χ1) is 3.83. The molecule has 0 fully saturated rings. The quantitative estimate of drug-likeness (QED) is 0.620. The number of halogens is 2. The first kappa shape index (κ1) is 5.56. The van der Waals surface area contributed by atoms with Crippen LogP contribution in [0.25, 0.3) is 0 Å². The Labute approximate surface area is 50.7 Å². The molecule has 0 amide bonds. The molecule has 44 valence electrons. The Morgan fingerprint density at radius 2 is 2.62 bits per heavy atom. The molecule has 1 N–H and O–H groups in total. The van der Waals surface area contributed by atoms with Crippen molar-refractivity contribution in [2.24, 2.45) is 0 Å². The number of hydrogen-bond donors (Lipinski definition) is 1. The summed E-state index contributed by atoms with van der Waals surface area (Å²) in [5.41, 5.74) is 0.412. The average Bonchev–Trinajstić information content (AvgIpc) is 2.14. The Balaban J connectivity index is 2.84. The minimum absolute atomic E-state index is 0.234. The van der Waals surface area contributed by atoms with E-state index in [9.17, 15) is 4.39 Å². The van der Waals surface area contributed by atoms with Gasteiger partial charge in [-0.25, -0.2) is 9.37 Å². The van der Waals surface area contributed by atoms with Gasteiger partial charge in [0.05, 0.1) is 11.9 Å². The number of hydrogen-bond acceptors (Lipinski definition) is 1. The molecule has 0 spiro atoms. The number of nitrogens with one attached hydrogen (secondary N) is 1. The van der Waals surface area contributed by atoms with Crippen LogP contribution in [-0.4, -0.2) is 9.97 Å². The standard InChI is InChI=1S/C4H4ClFN2/c5-4-7-2-3(1-6)8-4/h2H,1H2,(H,7,8). The molecular formula is C4H4ClFN2. The van der Waals surface area contributed by atoms with Crippen molar-refractivity contribution in [2.45, 2.75) is 6.67 Å². The number of aromatic amines is 1. The number of rotatable bonds is 1. The lowest BCUT2D eigenvalue weighted by molar-refractivity contribution is 0.477. The molecule has 0 aromatic carbocycles. The highest BCUT2D eigenvalue weighted by molar-refractivity contribution is 6.28. The van der Waals surface area contributed by atoms with E-state index in [4.69, 9.17) is 11.6 Å². The fourth-order valence-corrected chi connectivity index (χ4v) is 0.570. The summed E-state index contributed by atoms with van der Waals surface area (Å²) in [7, 11) is 0. The van der Waals surface area contributed by atoms with E-state index in [0.29, 0.717) is 5.69 Å². The van der Waals surface area contributed by atoms with Crippen molar-refractivity contribution >= 4 is 11.6 Å². The van der Waals surface area contributed by atoms with Crippen molar-refractivity contribution in [1.29, 1.82) is 0 Å². The van der Waals surface area contributed by atoms with E-state index in [-0.39, 0.29) is 5.28 Å². The van der Waals surface area contributed by atoms with Crippen molar-refractivity contribution < 1.29 is 4.39 Å². The summed E-state index contributed by atoms with van der Waals surface area (Å²) in [4.78, 5) is 6.06. The SMILES string of the molecule is FCc1cnc(Cl)[nH]1. The maximum atomic E-state index is 11.6. The highest BCUT2D eigenvalue weighted by Crippen LogP contribution is 2.02. The zero-order chi connectivity index (χ0) is 5.98. The number of imidazole rings is 1. The van der Waals surface area contributed by atoms with Crippen molar-refractivity contribution in [3.63, 3.8) is 0 Å². The van der Waals surface area contributed by atoms with Gasteiger partial charge in [-0.15, -0.1) is 0 Å². The molecule has 2 nitrogen and oxygen atoms in total. The van der Waals surface area contributed by atoms with Crippen LogP contribution < -0.4 is 0 Å². The zero-order valence-electron chi connectivity index (χ0n) is 3.99. The summed E-state index contributed by atoms with van der Waals surface area (Å²) in [6, 6.07) is 0. The second kappa shape index (κ2) is 2.13. The Morgan fingerprint density at radius 3 is 2.88 bits per heavy atom. The Morgan fingerprint density at radius 1 is 1.88 bits per heavy atom. The van der Waals surface area contributed by atoms with Crippen LogP contribution in [0, 0.1) is 0 Å². The summed E-state index contributed by atoms with van der Waals surface area (Å²) in [5, 5.41) is 0.234. The molecule has 8 heavy (non-hydrogen) atoms. The lowest BCUT2D eigenvalue weighted by Crippen LogP contribution is -1.73. The van der Waals surface area contributed by atoms with Gasteiger partial charge in [-0.1, -0.05) is 0 Å². The van der Waals surface area contributed by atoms with E-state index in [2.05, 4.69) is 9.97 Å². The molecule has 1 rings (SSSR count). The monoisotopic (exact) mass is 134 g/mol. The van der Waals surface area contributed by atoms with Crippen molar-refractivity contribution in [3.8, 4) is 0 Å². The molecule has 0 aliphatic heterocycles. The van der Waals surface area contributed by atoms with Gasteiger partial charge in [0, 0.05) is 0 Å². The van der Waals surface area contributed by atoms with Crippen LogP contribution >= 0.6 is 11.6 Å². The maximum Gasteiger partial charge on any atom is 0.200 e. The number of alkyl halides is 1. The molecule has 0 aliphatic rings. The van der Waals surface area contributed by atoms with Crippen molar-refractivity contribution in [3.05, 3.63) is 17.2 Å². The first-order valence-electron chi connectivity index (χ1n) is 2.08. The molecule has 4 heteroatoms. The molecule has 1 aromatic rings. The second-order valence-electron chi connectivity index (χ2n) is 1.33. The molecule has 0 saturated heterocycles. The molecule has 0 atom stereocenters. The summed E-state index contributed by atoms with van der Waals surface area (Å²) >= 11 is 5.31. The summed E-state index contributed by atoms with van der Waals surface area (Å²) in [5.74, 6) is 0. The molecule has 0 aliphatic carbocycles. The third-order valence-corrected chi connectivity index (χ3v) is 0.933. The van der Waals surface area contributed by atoms with E-state index in [1.807, 2.05) is 0 Å². The molecular weight excluding hydrogens is 131 g/mol. The van der Waals surface area contributed by atoms with Crippen LogP contribution in [0.3, 0.4) is 0 Å². The fraction of sp³-hybridized carbons (Fsp3) is 0.250. The summed E-state index contributed by atoms with van der Waals surface area (Å²) < 4.78 is 11.6. The smallest absolute Gasteiger partial charge is 0.200 e. The minimum Gasteiger partial charge on any atom is -0.330 e. The first-order valence-corrected chi connectivity index (χ1v) is 2.46. The minimum atomic E-state index is -0.542. The van der Waals surface area contributed by atoms with Gasteiger partial charge in [0.1, 0.15) is 6.67 Å². The van der Waals surface area contributed by atoms with Gasteiger partial charge >= 0.3 is 0 Å². The third kappa shape index (κ3) is 0.980. The van der Waals surface area contributed by atoms with Crippen molar-refractivity contribution in [1.82, 2.24) is 9.97 Å². The van der Waals surface area contributed by atoms with E-state index >= 15 is 0 Å². The summed E-state index contributed by atoms with van der Waals surface area (Å²) in [6.45, 7) is -0.542. The maximum absolute atomic E-state index is 11.6. The van der Waals surface area contributed by atoms with E-state index in [0.717, 1.165) is 0 Å². The largest absolute Gasteiger partial charge is 0.330 e. The molecule has 0 radical (unpaired) electrons. The fourth-order valence-electron chi connectivity index (χ4n) is 0.400. The number of aromatic nitrogens is 2. The van der Waals surface area contributed by atoms with Crippen LogP contribution in [0.4, 0.5) is 4.39 Å². The van der Waals surface area contributed by atoms with Crippen LogP contribution in [0.15, 0.2) is 6.20 Å². The highest BCUT2D eigenvalue weighted by Gasteiger charge is 1.93. The van der Waals surface area contributed by atoms with Gasteiger partial charge in [0.2, 0.25) is 0 Å². The molecule has 0 bridgehead atoms. The normalized spacial score (nSPS) is 9.75. The van der Waals surface area contributed by atoms with E-state index < -0.39 is 6.67 Å². The van der Waals surface area contributed by atoms with Gasteiger partial charge in [0.15, 0.2) is 5.28 Å². The average molecular weight is 135 g/mol. The molecule has 0 saturated carbocycles. The number of H-pyrrole nitrogens is 1. The predicted octanol–water partition coefficient (Wildman–Crippen LogP) is 1.53. The van der Waals surface area contributed by atoms with E-state index in [1.54, 1.807) is 0 Å². The second-order valence-corrected chi connectivity index (χ2v) is 1.69. The summed E-state index contributed by atoms with van der Waals surface area (Å²) in [6.07, 6.45) is 1.36. The predicted molar refractivity (Wildman–Crippen MR) is 28.4 cm³/mol. The third-order valence-electron chi connectivity index (χ3n) is 0.741.